The van der Waals surface area contributed by atoms with Crippen LogP contribution in [0.1, 0.15) is 26.3 Å². The average molecular weight is 239 g/mol. The van der Waals surface area contributed by atoms with Gasteiger partial charge in [0.15, 0.2) is 0 Å². The van der Waals surface area contributed by atoms with Gasteiger partial charge in [-0.3, -0.25) is 5.73 Å². The summed E-state index contributed by atoms with van der Waals surface area (Å²) >= 11 is 0. The molecule has 0 radical (unpaired) electrons. The summed E-state index contributed by atoms with van der Waals surface area (Å²) in [5.41, 5.74) is 8.32. The van der Waals surface area contributed by atoms with E-state index in [9.17, 15) is 4.79 Å². The van der Waals surface area contributed by atoms with E-state index in [2.05, 4.69) is 13.8 Å². The van der Waals surface area contributed by atoms with Crippen molar-refractivity contribution < 1.29 is 21.8 Å². The standard InChI is InChI=1S/C12H14N2O.ClH/c1-8-12(2,3)9-6-4-5-7-10(9)14(8)11(13)15;/h4-7H,1-3H3,(H-,13,15);1H. The molecular formula is C12H15ClN2O. The summed E-state index contributed by atoms with van der Waals surface area (Å²) in [6.07, 6.45) is 0. The summed E-state index contributed by atoms with van der Waals surface area (Å²) in [5, 5.41) is 0. The van der Waals surface area contributed by atoms with Gasteiger partial charge >= 0.3 is 6.03 Å². The first-order valence-electron chi connectivity index (χ1n) is 4.99. The number of nitrogens with zero attached hydrogens (tertiary/aromatic N) is 1. The highest BCUT2D eigenvalue weighted by Crippen LogP contribution is 2.38. The van der Waals surface area contributed by atoms with Crippen LogP contribution in [0, 0.1) is 0 Å². The molecule has 0 saturated heterocycles. The van der Waals surface area contributed by atoms with Crippen LogP contribution in [0.15, 0.2) is 24.3 Å². The summed E-state index contributed by atoms with van der Waals surface area (Å²) in [6, 6.07) is 7.47. The van der Waals surface area contributed by atoms with E-state index in [1.807, 2.05) is 31.2 Å². The molecular weight excluding hydrogens is 224 g/mol. The lowest BCUT2D eigenvalue weighted by molar-refractivity contribution is -0.327. The zero-order chi connectivity index (χ0) is 11.2. The van der Waals surface area contributed by atoms with E-state index in [-0.39, 0.29) is 17.8 Å². The first kappa shape index (κ1) is 12.7. The monoisotopic (exact) mass is 238 g/mol. The van der Waals surface area contributed by atoms with Crippen molar-refractivity contribution in [2.75, 3.05) is 0 Å². The fourth-order valence-electron chi connectivity index (χ4n) is 2.14. The van der Waals surface area contributed by atoms with Crippen LogP contribution in [0.25, 0.3) is 0 Å². The molecule has 0 aliphatic carbocycles. The molecule has 0 bridgehead atoms. The van der Waals surface area contributed by atoms with Crippen molar-refractivity contribution >= 4 is 17.4 Å². The summed E-state index contributed by atoms with van der Waals surface area (Å²) in [7, 11) is 0. The number of rotatable bonds is 0. The van der Waals surface area contributed by atoms with E-state index in [1.54, 1.807) is 4.58 Å². The number of amides is 2. The SMILES string of the molecule is CC1=[N+](C(N)=O)c2ccccc2C1(C)C.[Cl-]. The molecule has 2 rings (SSSR count). The number of fused-ring (bicyclic) bond motifs is 1. The number of carbonyl (C=O) groups is 1. The minimum atomic E-state index is -0.412. The van der Waals surface area contributed by atoms with E-state index >= 15 is 0 Å². The molecule has 1 aliphatic heterocycles. The Bertz CT molecular complexity index is 478. The Balaban J connectivity index is 0.00000128. The number of nitrogens with two attached hydrogens (primary N) is 1. The van der Waals surface area contributed by atoms with Crippen LogP contribution in [0.4, 0.5) is 10.5 Å². The van der Waals surface area contributed by atoms with Gasteiger partial charge in [0.2, 0.25) is 0 Å². The van der Waals surface area contributed by atoms with Crippen LogP contribution in [0.3, 0.4) is 0 Å². The third-order valence-corrected chi connectivity index (χ3v) is 3.28. The Labute approximate surface area is 101 Å². The van der Waals surface area contributed by atoms with Gasteiger partial charge in [-0.1, -0.05) is 18.2 Å². The number of urea groups is 1. The highest BCUT2D eigenvalue weighted by Gasteiger charge is 2.41. The summed E-state index contributed by atoms with van der Waals surface area (Å²) in [4.78, 5) is 11.4. The predicted molar refractivity (Wildman–Crippen MR) is 59.7 cm³/mol. The molecule has 0 fully saturated rings. The van der Waals surface area contributed by atoms with Crippen LogP contribution in [0.2, 0.25) is 0 Å². The Hall–Kier alpha value is -1.35. The van der Waals surface area contributed by atoms with Gasteiger partial charge in [0.05, 0.1) is 11.1 Å². The smallest absolute Gasteiger partial charge is 0.494 e. The molecule has 4 heteroatoms. The lowest BCUT2D eigenvalue weighted by Gasteiger charge is -2.16. The Kier molecular flexibility index (Phi) is 3.10. The third kappa shape index (κ3) is 1.52. The summed E-state index contributed by atoms with van der Waals surface area (Å²) < 4.78 is 1.59. The predicted octanol–water partition coefficient (Wildman–Crippen LogP) is -0.835. The first-order valence-corrected chi connectivity index (χ1v) is 4.99. The number of halogens is 1. The summed E-state index contributed by atoms with van der Waals surface area (Å²) in [6.45, 7) is 6.15. The summed E-state index contributed by atoms with van der Waals surface area (Å²) in [5.74, 6) is 0. The van der Waals surface area contributed by atoms with Crippen molar-refractivity contribution in [2.24, 2.45) is 5.73 Å². The van der Waals surface area contributed by atoms with Crippen LogP contribution in [0.5, 0.6) is 0 Å². The molecule has 0 saturated carbocycles. The molecule has 0 aromatic heterocycles. The number of carbonyl (C=O) groups excluding carboxylic acids is 1. The van der Waals surface area contributed by atoms with Gasteiger partial charge < -0.3 is 12.4 Å². The topological polar surface area (TPSA) is 46.1 Å². The van der Waals surface area contributed by atoms with Crippen LogP contribution >= 0.6 is 0 Å². The van der Waals surface area contributed by atoms with Gasteiger partial charge in [0, 0.05) is 5.56 Å². The molecule has 0 spiro atoms. The molecule has 1 aromatic rings. The quantitative estimate of drug-likeness (QED) is 0.589. The van der Waals surface area contributed by atoms with Gasteiger partial charge in [-0.25, -0.2) is 0 Å². The van der Waals surface area contributed by atoms with Gasteiger partial charge in [-0.2, -0.15) is 9.37 Å². The maximum Gasteiger partial charge on any atom is 0.494 e. The van der Waals surface area contributed by atoms with Crippen molar-refractivity contribution in [3.05, 3.63) is 29.8 Å². The largest absolute Gasteiger partial charge is 1.00 e. The third-order valence-electron chi connectivity index (χ3n) is 3.28. The van der Waals surface area contributed by atoms with E-state index in [0.717, 1.165) is 17.0 Å². The Morgan fingerprint density at radius 2 is 1.88 bits per heavy atom. The molecule has 0 atom stereocenters. The number of primary amides is 1. The molecule has 1 aliphatic rings. The zero-order valence-corrected chi connectivity index (χ0v) is 10.4. The van der Waals surface area contributed by atoms with Crippen LogP contribution in [-0.4, -0.2) is 16.3 Å². The van der Waals surface area contributed by atoms with Crippen molar-refractivity contribution in [2.45, 2.75) is 26.2 Å². The molecule has 16 heavy (non-hydrogen) atoms. The molecule has 1 aromatic carbocycles. The van der Waals surface area contributed by atoms with Gasteiger partial charge in [0.25, 0.3) is 0 Å². The minimum absolute atomic E-state index is 0. The van der Waals surface area contributed by atoms with Crippen molar-refractivity contribution in [1.82, 2.24) is 0 Å². The van der Waals surface area contributed by atoms with Crippen molar-refractivity contribution in [3.8, 4) is 0 Å². The lowest BCUT2D eigenvalue weighted by Crippen LogP contribution is -3.00. The second kappa shape index (κ2) is 3.91. The number of hydrogen-bond donors (Lipinski definition) is 1. The maximum atomic E-state index is 11.4. The van der Waals surface area contributed by atoms with Crippen molar-refractivity contribution in [1.29, 1.82) is 0 Å². The maximum absolute atomic E-state index is 11.4. The van der Waals surface area contributed by atoms with Gasteiger partial charge in [0.1, 0.15) is 5.69 Å². The molecule has 2 amide bonds. The van der Waals surface area contributed by atoms with E-state index in [0.29, 0.717) is 0 Å². The Morgan fingerprint density at radius 1 is 1.31 bits per heavy atom. The van der Waals surface area contributed by atoms with E-state index in [1.165, 1.54) is 0 Å². The zero-order valence-electron chi connectivity index (χ0n) is 9.62. The average Bonchev–Trinajstić information content (AvgIpc) is 2.36. The Morgan fingerprint density at radius 3 is 2.44 bits per heavy atom. The highest BCUT2D eigenvalue weighted by atomic mass is 35.5. The van der Waals surface area contributed by atoms with E-state index in [4.69, 9.17) is 5.73 Å². The lowest BCUT2D eigenvalue weighted by atomic mass is 9.82. The van der Waals surface area contributed by atoms with E-state index < -0.39 is 6.03 Å². The van der Waals surface area contributed by atoms with Crippen LogP contribution < -0.4 is 18.1 Å². The number of para-hydroxylation sites is 1. The van der Waals surface area contributed by atoms with Gasteiger partial charge in [-0.05, 0) is 26.8 Å². The van der Waals surface area contributed by atoms with Gasteiger partial charge in [-0.15, -0.1) is 0 Å². The fraction of sp³-hybridized carbons (Fsp3) is 0.333. The fourth-order valence-corrected chi connectivity index (χ4v) is 2.14. The molecule has 3 nitrogen and oxygen atoms in total. The molecule has 1 heterocycles. The highest BCUT2D eigenvalue weighted by molar-refractivity contribution is 5.97. The minimum Gasteiger partial charge on any atom is -1.00 e. The molecule has 0 unspecified atom stereocenters. The number of benzene rings is 1. The first-order chi connectivity index (χ1) is 6.96. The number of hydrogen-bond acceptors (Lipinski definition) is 1. The second-order valence-electron chi connectivity index (χ2n) is 4.40. The second-order valence-corrected chi connectivity index (χ2v) is 4.40. The molecule has 2 N–H and O–H groups in total. The van der Waals surface area contributed by atoms with Crippen molar-refractivity contribution in [3.63, 3.8) is 0 Å². The molecule has 86 valence electrons. The van der Waals surface area contributed by atoms with Crippen LogP contribution in [-0.2, 0) is 5.41 Å². The normalized spacial score (nSPS) is 16.7.